The van der Waals surface area contributed by atoms with Crippen molar-refractivity contribution in [3.05, 3.63) is 57.1 Å². The van der Waals surface area contributed by atoms with E-state index in [0.717, 1.165) is 16.7 Å². The van der Waals surface area contributed by atoms with Crippen molar-refractivity contribution >= 4 is 5.69 Å². The number of phenolic OH excluding ortho intramolecular Hbond substituents is 1. The second-order valence-electron chi connectivity index (χ2n) is 8.52. The molecule has 0 bridgehead atoms. The Morgan fingerprint density at radius 2 is 1.50 bits per heavy atom. The largest absolute Gasteiger partial charge is 0.507 e. The van der Waals surface area contributed by atoms with Crippen molar-refractivity contribution in [3.8, 4) is 22.9 Å². The monoisotopic (exact) mass is 352 g/mol. The lowest BCUT2D eigenvalue weighted by Crippen LogP contribution is -2.17. The van der Waals surface area contributed by atoms with E-state index >= 15 is 0 Å². The van der Waals surface area contributed by atoms with Gasteiger partial charge in [0.2, 0.25) is 0 Å². The Balaban J connectivity index is 2.83. The van der Waals surface area contributed by atoms with Gasteiger partial charge >= 0.3 is 0 Å². The van der Waals surface area contributed by atoms with Crippen LogP contribution in [0.2, 0.25) is 0 Å². The number of benzene rings is 2. The third-order valence-corrected chi connectivity index (χ3v) is 4.37. The maximum atomic E-state index is 11.0. The second-order valence-corrected chi connectivity index (χ2v) is 8.52. The minimum atomic E-state index is -0.511. The van der Waals surface area contributed by atoms with E-state index in [1.807, 2.05) is 53.7 Å². The molecule has 0 amide bonds. The van der Waals surface area contributed by atoms with Gasteiger partial charge in [0.15, 0.2) is 0 Å². The van der Waals surface area contributed by atoms with Crippen molar-refractivity contribution in [3.63, 3.8) is 0 Å². The zero-order valence-electron chi connectivity index (χ0n) is 16.0. The smallest absolute Gasteiger partial charge is 0.270 e. The minimum absolute atomic E-state index is 0.115. The van der Waals surface area contributed by atoms with E-state index in [1.165, 1.54) is 12.1 Å². The third kappa shape index (κ3) is 3.70. The van der Waals surface area contributed by atoms with Gasteiger partial charge in [-0.25, -0.2) is 0 Å². The molecular weight excluding hydrogens is 328 g/mol. The maximum absolute atomic E-state index is 11.0. The molecule has 0 atom stereocenters. The van der Waals surface area contributed by atoms with Crippen molar-refractivity contribution in [1.82, 2.24) is 0 Å². The lowest BCUT2D eigenvalue weighted by Gasteiger charge is -2.28. The van der Waals surface area contributed by atoms with Crippen molar-refractivity contribution in [2.45, 2.75) is 52.4 Å². The van der Waals surface area contributed by atoms with Gasteiger partial charge in [0, 0.05) is 23.3 Å². The molecule has 26 heavy (non-hydrogen) atoms. The van der Waals surface area contributed by atoms with Crippen LogP contribution in [0.15, 0.2) is 30.3 Å². The first-order valence-electron chi connectivity index (χ1n) is 8.43. The molecule has 0 spiro atoms. The van der Waals surface area contributed by atoms with Crippen LogP contribution in [0.25, 0.3) is 11.1 Å². The summed E-state index contributed by atoms with van der Waals surface area (Å²) >= 11 is 0. The summed E-state index contributed by atoms with van der Waals surface area (Å²) < 4.78 is 0. The summed E-state index contributed by atoms with van der Waals surface area (Å²) in [5, 5.41) is 31.3. The van der Waals surface area contributed by atoms with Crippen molar-refractivity contribution in [2.24, 2.45) is 0 Å². The van der Waals surface area contributed by atoms with Crippen LogP contribution in [0.5, 0.6) is 5.75 Å². The number of hydrogen-bond donors (Lipinski definition) is 1. The summed E-state index contributed by atoms with van der Waals surface area (Å²) in [6.45, 7) is 12.1. The van der Waals surface area contributed by atoms with E-state index < -0.39 is 4.92 Å². The number of non-ortho nitro benzene ring substituents is 1. The van der Waals surface area contributed by atoms with Crippen molar-refractivity contribution in [2.75, 3.05) is 0 Å². The van der Waals surface area contributed by atoms with E-state index in [4.69, 9.17) is 0 Å². The minimum Gasteiger partial charge on any atom is -0.507 e. The molecule has 0 fully saturated rings. The quantitative estimate of drug-likeness (QED) is 0.576. The Morgan fingerprint density at radius 3 is 1.88 bits per heavy atom. The molecule has 0 radical (unpaired) electrons. The highest BCUT2D eigenvalue weighted by atomic mass is 16.6. The maximum Gasteiger partial charge on any atom is 0.270 e. The average molecular weight is 352 g/mol. The summed E-state index contributed by atoms with van der Waals surface area (Å²) in [5.41, 5.74) is 2.48. The SMILES string of the molecule is CC(C)(C)c1cc(-c2ccc([N+](=O)[O-])cc2C#N)cc(C(C)(C)C)c1O. The van der Waals surface area contributed by atoms with Crippen LogP contribution < -0.4 is 0 Å². The van der Waals surface area contributed by atoms with Gasteiger partial charge in [-0.3, -0.25) is 10.1 Å². The van der Waals surface area contributed by atoms with E-state index in [-0.39, 0.29) is 27.8 Å². The highest BCUT2D eigenvalue weighted by Gasteiger charge is 2.27. The fraction of sp³-hybridized carbons (Fsp3) is 0.381. The number of phenols is 1. The highest BCUT2D eigenvalue weighted by Crippen LogP contribution is 2.42. The Hall–Kier alpha value is -2.87. The number of nitriles is 1. The zero-order chi connectivity index (χ0) is 19.9. The summed E-state index contributed by atoms with van der Waals surface area (Å²) in [6.07, 6.45) is 0. The van der Waals surface area contributed by atoms with Gasteiger partial charge < -0.3 is 5.11 Å². The Labute approximate surface area is 154 Å². The number of nitrogens with zero attached hydrogens (tertiary/aromatic N) is 2. The predicted molar refractivity (Wildman–Crippen MR) is 102 cm³/mol. The lowest BCUT2D eigenvalue weighted by atomic mass is 9.77. The van der Waals surface area contributed by atoms with Gasteiger partial charge in [-0.1, -0.05) is 41.5 Å². The molecule has 0 unspecified atom stereocenters. The van der Waals surface area contributed by atoms with Crippen LogP contribution in [0.4, 0.5) is 5.69 Å². The number of aromatic hydroxyl groups is 1. The van der Waals surface area contributed by atoms with Gasteiger partial charge in [0.05, 0.1) is 10.5 Å². The first-order valence-corrected chi connectivity index (χ1v) is 8.43. The zero-order valence-corrected chi connectivity index (χ0v) is 16.0. The lowest BCUT2D eigenvalue weighted by molar-refractivity contribution is -0.384. The molecule has 5 nitrogen and oxygen atoms in total. The normalized spacial score (nSPS) is 11.9. The highest BCUT2D eigenvalue weighted by molar-refractivity contribution is 5.75. The Morgan fingerprint density at radius 1 is 1.00 bits per heavy atom. The molecule has 0 aliphatic rings. The topological polar surface area (TPSA) is 87.2 Å². The van der Waals surface area contributed by atoms with Crippen LogP contribution in [0.3, 0.4) is 0 Å². The predicted octanol–water partition coefficient (Wildman–Crippen LogP) is 5.43. The number of nitro groups is 1. The van der Waals surface area contributed by atoms with Gasteiger partial charge in [0.1, 0.15) is 11.8 Å². The van der Waals surface area contributed by atoms with E-state index in [1.54, 1.807) is 6.07 Å². The molecule has 2 aromatic carbocycles. The van der Waals surface area contributed by atoms with E-state index in [0.29, 0.717) is 5.56 Å². The fourth-order valence-corrected chi connectivity index (χ4v) is 2.92. The number of nitro benzene ring substituents is 1. The van der Waals surface area contributed by atoms with Crippen LogP contribution >= 0.6 is 0 Å². The van der Waals surface area contributed by atoms with Gasteiger partial charge in [-0.05, 0) is 40.2 Å². The molecule has 0 aliphatic carbocycles. The fourth-order valence-electron chi connectivity index (χ4n) is 2.92. The van der Waals surface area contributed by atoms with Crippen molar-refractivity contribution in [1.29, 1.82) is 5.26 Å². The van der Waals surface area contributed by atoms with Crippen LogP contribution in [0.1, 0.15) is 58.2 Å². The van der Waals surface area contributed by atoms with Crippen molar-refractivity contribution < 1.29 is 10.0 Å². The standard InChI is InChI=1S/C21H24N2O3/c1-20(2,3)17-10-13(11-18(19(17)24)21(4,5)6)16-8-7-15(23(25)26)9-14(16)12-22/h7-11,24H,1-6H3. The van der Waals surface area contributed by atoms with Gasteiger partial charge in [-0.15, -0.1) is 0 Å². The molecule has 0 aliphatic heterocycles. The summed E-state index contributed by atoms with van der Waals surface area (Å²) in [7, 11) is 0. The first-order chi connectivity index (χ1) is 11.9. The van der Waals surface area contributed by atoms with E-state index in [2.05, 4.69) is 6.07 Å². The molecule has 5 heteroatoms. The molecule has 2 rings (SSSR count). The average Bonchev–Trinajstić information content (AvgIpc) is 2.52. The molecule has 2 aromatic rings. The third-order valence-electron chi connectivity index (χ3n) is 4.37. The summed E-state index contributed by atoms with van der Waals surface area (Å²) in [6, 6.07) is 10.1. The molecule has 0 saturated carbocycles. The molecule has 136 valence electrons. The Kier molecular flexibility index (Phi) is 4.83. The molecular formula is C21H24N2O3. The number of rotatable bonds is 2. The summed E-state index contributed by atoms with van der Waals surface area (Å²) in [5.74, 6) is 0.258. The van der Waals surface area contributed by atoms with E-state index in [9.17, 15) is 20.5 Å². The van der Waals surface area contributed by atoms with Crippen LogP contribution in [0, 0.1) is 21.4 Å². The Bertz CT molecular complexity index is 875. The van der Waals surface area contributed by atoms with Crippen LogP contribution in [-0.4, -0.2) is 10.0 Å². The molecule has 1 N–H and O–H groups in total. The van der Waals surface area contributed by atoms with Gasteiger partial charge in [-0.2, -0.15) is 5.26 Å². The van der Waals surface area contributed by atoms with Gasteiger partial charge in [0.25, 0.3) is 5.69 Å². The molecule has 0 heterocycles. The number of hydrogen-bond acceptors (Lipinski definition) is 4. The summed E-state index contributed by atoms with van der Waals surface area (Å²) in [4.78, 5) is 10.5. The molecule has 0 saturated heterocycles. The molecule has 0 aromatic heterocycles. The van der Waals surface area contributed by atoms with Crippen LogP contribution in [-0.2, 0) is 10.8 Å². The second kappa shape index (κ2) is 6.45. The first kappa shape index (κ1) is 19.5.